The Labute approximate surface area is 187 Å². The number of aryl methyl sites for hydroxylation is 1. The van der Waals surface area contributed by atoms with Crippen LogP contribution < -0.4 is 5.32 Å². The van der Waals surface area contributed by atoms with Crippen molar-refractivity contribution in [3.8, 4) is 11.1 Å². The summed E-state index contributed by atoms with van der Waals surface area (Å²) in [6.07, 6.45) is 3.23. The van der Waals surface area contributed by atoms with Crippen LogP contribution in [0.25, 0.3) is 11.1 Å². The number of imide groups is 1. The number of benzene rings is 3. The van der Waals surface area contributed by atoms with Crippen molar-refractivity contribution in [3.63, 3.8) is 0 Å². The lowest BCUT2D eigenvalue weighted by Gasteiger charge is -2.27. The third kappa shape index (κ3) is 3.40. The molecular formula is C27H24N2O3. The van der Waals surface area contributed by atoms with Crippen LogP contribution in [-0.4, -0.2) is 29.2 Å². The summed E-state index contributed by atoms with van der Waals surface area (Å²) in [7, 11) is 0. The molecule has 0 bridgehead atoms. The molecule has 5 rings (SSSR count). The van der Waals surface area contributed by atoms with Crippen LogP contribution >= 0.6 is 0 Å². The number of amides is 3. The first kappa shape index (κ1) is 20.2. The van der Waals surface area contributed by atoms with E-state index in [4.69, 9.17) is 0 Å². The van der Waals surface area contributed by atoms with Gasteiger partial charge < -0.3 is 5.32 Å². The highest BCUT2D eigenvalue weighted by Crippen LogP contribution is 2.39. The molecule has 0 radical (unpaired) electrons. The van der Waals surface area contributed by atoms with Gasteiger partial charge in [-0.05, 0) is 47.9 Å². The molecule has 1 spiro atoms. The average Bonchev–Trinajstić information content (AvgIpc) is 2.97. The molecule has 1 aliphatic carbocycles. The first-order valence-corrected chi connectivity index (χ1v) is 11.0. The van der Waals surface area contributed by atoms with Gasteiger partial charge in [0.1, 0.15) is 5.54 Å². The number of nitrogens with one attached hydrogen (secondary N) is 1. The number of nitrogens with zero attached hydrogens (tertiary/aromatic N) is 1. The summed E-state index contributed by atoms with van der Waals surface area (Å²) in [5, 5.41) is 2.94. The summed E-state index contributed by atoms with van der Waals surface area (Å²) in [5.41, 5.74) is 3.43. The van der Waals surface area contributed by atoms with Crippen molar-refractivity contribution in [2.45, 2.75) is 31.2 Å². The van der Waals surface area contributed by atoms with Gasteiger partial charge in [-0.3, -0.25) is 14.5 Å². The van der Waals surface area contributed by atoms with Crippen LogP contribution in [0.15, 0.2) is 78.9 Å². The van der Waals surface area contributed by atoms with Gasteiger partial charge in [0.2, 0.25) is 0 Å². The van der Waals surface area contributed by atoms with Crippen molar-refractivity contribution in [2.75, 3.05) is 6.54 Å². The van der Waals surface area contributed by atoms with E-state index in [2.05, 4.69) is 5.32 Å². The maximum Gasteiger partial charge on any atom is 0.325 e. The summed E-state index contributed by atoms with van der Waals surface area (Å²) in [6, 6.07) is 24.5. The van der Waals surface area contributed by atoms with Crippen molar-refractivity contribution < 1.29 is 14.4 Å². The normalized spacial score (nSPS) is 20.1. The molecule has 1 atom stereocenters. The molecule has 32 heavy (non-hydrogen) atoms. The number of Topliss-reactive ketones (excluding diaryl/α,β-unsaturated/α-hetero) is 1. The van der Waals surface area contributed by atoms with E-state index < -0.39 is 11.6 Å². The Morgan fingerprint density at radius 3 is 2.31 bits per heavy atom. The molecule has 1 fully saturated rings. The predicted octanol–water partition coefficient (Wildman–Crippen LogP) is 4.71. The monoisotopic (exact) mass is 424 g/mol. The summed E-state index contributed by atoms with van der Waals surface area (Å²) in [6.45, 7) is -0.265. The van der Waals surface area contributed by atoms with Gasteiger partial charge in [0.05, 0.1) is 6.54 Å². The second-order valence-electron chi connectivity index (χ2n) is 8.46. The number of carbonyl (C=O) groups is 3. The lowest BCUT2D eigenvalue weighted by molar-refractivity contribution is -0.131. The molecule has 1 saturated heterocycles. The molecule has 0 unspecified atom stereocenters. The van der Waals surface area contributed by atoms with Crippen molar-refractivity contribution >= 4 is 17.7 Å². The number of urea groups is 1. The fraction of sp³-hybridized carbons (Fsp3) is 0.222. The van der Waals surface area contributed by atoms with E-state index in [1.807, 2.05) is 66.7 Å². The van der Waals surface area contributed by atoms with Gasteiger partial charge in [0.15, 0.2) is 5.78 Å². The smallest absolute Gasteiger partial charge is 0.319 e. The van der Waals surface area contributed by atoms with Crippen LogP contribution in [0.5, 0.6) is 0 Å². The van der Waals surface area contributed by atoms with Gasteiger partial charge in [0.25, 0.3) is 5.91 Å². The van der Waals surface area contributed by atoms with E-state index in [9.17, 15) is 14.4 Å². The Morgan fingerprint density at radius 2 is 1.53 bits per heavy atom. The van der Waals surface area contributed by atoms with Crippen LogP contribution in [0, 0.1) is 0 Å². The van der Waals surface area contributed by atoms with E-state index in [-0.39, 0.29) is 18.2 Å². The number of carbonyl (C=O) groups excluding carboxylic acids is 3. The van der Waals surface area contributed by atoms with E-state index in [0.717, 1.165) is 46.4 Å². The van der Waals surface area contributed by atoms with E-state index in [1.54, 1.807) is 12.1 Å². The molecule has 5 heteroatoms. The van der Waals surface area contributed by atoms with Gasteiger partial charge in [-0.2, -0.15) is 0 Å². The molecule has 1 aliphatic heterocycles. The zero-order valence-corrected chi connectivity index (χ0v) is 17.7. The molecule has 160 valence electrons. The highest BCUT2D eigenvalue weighted by Gasteiger charge is 2.53. The minimum Gasteiger partial charge on any atom is -0.319 e. The molecule has 1 N–H and O–H groups in total. The lowest BCUT2D eigenvalue weighted by atomic mass is 9.84. The predicted molar refractivity (Wildman–Crippen MR) is 122 cm³/mol. The van der Waals surface area contributed by atoms with Crippen molar-refractivity contribution in [2.24, 2.45) is 0 Å². The number of fused-ring (bicyclic) bond motifs is 2. The lowest BCUT2D eigenvalue weighted by Crippen LogP contribution is -2.44. The van der Waals surface area contributed by atoms with Gasteiger partial charge in [-0.15, -0.1) is 0 Å². The molecule has 3 amide bonds. The zero-order chi connectivity index (χ0) is 22.1. The molecule has 5 nitrogen and oxygen atoms in total. The van der Waals surface area contributed by atoms with Gasteiger partial charge in [0, 0.05) is 5.56 Å². The fourth-order valence-corrected chi connectivity index (χ4v) is 4.83. The average molecular weight is 425 g/mol. The van der Waals surface area contributed by atoms with Gasteiger partial charge in [-0.25, -0.2) is 4.79 Å². The Kier molecular flexibility index (Phi) is 5.10. The Bertz CT molecular complexity index is 1190. The Balaban J connectivity index is 1.38. The molecule has 0 saturated carbocycles. The molecule has 1 heterocycles. The maximum absolute atomic E-state index is 13.5. The fourth-order valence-electron chi connectivity index (χ4n) is 4.83. The van der Waals surface area contributed by atoms with Crippen LogP contribution in [0.2, 0.25) is 0 Å². The minimum absolute atomic E-state index is 0.257. The first-order chi connectivity index (χ1) is 15.6. The maximum atomic E-state index is 13.5. The summed E-state index contributed by atoms with van der Waals surface area (Å²) >= 11 is 0. The van der Waals surface area contributed by atoms with E-state index in [0.29, 0.717) is 12.0 Å². The third-order valence-corrected chi connectivity index (χ3v) is 6.52. The molecular weight excluding hydrogens is 400 g/mol. The number of ketones is 1. The van der Waals surface area contributed by atoms with Crippen LogP contribution in [0.1, 0.15) is 40.7 Å². The summed E-state index contributed by atoms with van der Waals surface area (Å²) in [4.78, 5) is 40.4. The largest absolute Gasteiger partial charge is 0.325 e. The highest BCUT2D eigenvalue weighted by atomic mass is 16.2. The van der Waals surface area contributed by atoms with Crippen molar-refractivity contribution in [1.29, 1.82) is 0 Å². The number of rotatable bonds is 4. The molecule has 3 aromatic rings. The highest BCUT2D eigenvalue weighted by molar-refractivity contribution is 6.11. The Morgan fingerprint density at radius 1 is 0.844 bits per heavy atom. The number of hydrogen-bond acceptors (Lipinski definition) is 3. The van der Waals surface area contributed by atoms with E-state index in [1.165, 1.54) is 0 Å². The van der Waals surface area contributed by atoms with Crippen LogP contribution in [-0.2, 0) is 16.8 Å². The first-order valence-electron chi connectivity index (χ1n) is 11.0. The van der Waals surface area contributed by atoms with Crippen molar-refractivity contribution in [1.82, 2.24) is 10.2 Å². The topological polar surface area (TPSA) is 66.5 Å². The van der Waals surface area contributed by atoms with Gasteiger partial charge >= 0.3 is 6.03 Å². The third-order valence-electron chi connectivity index (χ3n) is 6.52. The molecule has 2 aliphatic rings. The SMILES string of the molecule is O=C(CN1C(=O)N[C@@]2(CCCCc3ccccc32)C1=O)c1ccc(-c2ccccc2)cc1. The number of hydrogen-bond donors (Lipinski definition) is 1. The molecule has 3 aromatic carbocycles. The zero-order valence-electron chi connectivity index (χ0n) is 17.7. The molecule has 0 aromatic heterocycles. The standard InChI is InChI=1S/C27H24N2O3/c30-24(22-15-13-20(14-16-22)19-8-2-1-3-9-19)18-29-25(31)27(28-26(29)32)17-7-6-11-21-10-4-5-12-23(21)27/h1-5,8-10,12-16H,6-7,11,17-18H2,(H,28,32)/t27-/m1/s1. The summed E-state index contributed by atoms with van der Waals surface area (Å²) < 4.78 is 0. The van der Waals surface area contributed by atoms with Gasteiger partial charge in [-0.1, -0.05) is 78.9 Å². The minimum atomic E-state index is -1.07. The second kappa shape index (κ2) is 8.08. The Hall–Kier alpha value is -3.73. The summed E-state index contributed by atoms with van der Waals surface area (Å²) in [5.74, 6) is -0.585. The quantitative estimate of drug-likeness (QED) is 0.487. The second-order valence-corrected chi connectivity index (χ2v) is 8.46. The van der Waals surface area contributed by atoms with Crippen molar-refractivity contribution in [3.05, 3.63) is 95.6 Å². The van der Waals surface area contributed by atoms with Crippen LogP contribution in [0.4, 0.5) is 4.79 Å². The van der Waals surface area contributed by atoms with E-state index >= 15 is 0 Å². The van der Waals surface area contributed by atoms with Crippen LogP contribution in [0.3, 0.4) is 0 Å².